The maximum Gasteiger partial charge on any atom is 0.318 e. The lowest BCUT2D eigenvalue weighted by Crippen LogP contribution is -2.48. The first-order valence-electron chi connectivity index (χ1n) is 18.4. The molecule has 5 heterocycles. The van der Waals surface area contributed by atoms with Crippen LogP contribution in [-0.2, 0) is 16.0 Å². The van der Waals surface area contributed by atoms with Crippen LogP contribution < -0.4 is 19.7 Å². The van der Waals surface area contributed by atoms with Crippen LogP contribution in [0.2, 0.25) is 0 Å². The normalized spacial score (nSPS) is 25.5. The number of ether oxygens (including phenoxy) is 3. The molecule has 7 rings (SSSR count). The summed E-state index contributed by atoms with van der Waals surface area (Å²) in [5.74, 6) is 2.98. The molecule has 4 aliphatic rings. The second kappa shape index (κ2) is 15.2. The van der Waals surface area contributed by atoms with Crippen molar-refractivity contribution in [2.24, 2.45) is 5.92 Å². The quantitative estimate of drug-likeness (QED) is 0.221. The molecule has 0 aliphatic carbocycles. The predicted octanol–water partition coefficient (Wildman–Crippen LogP) is 5.44. The van der Waals surface area contributed by atoms with Crippen molar-refractivity contribution in [3.8, 4) is 29.9 Å². The second-order valence-electron chi connectivity index (χ2n) is 14.9. The van der Waals surface area contributed by atoms with Gasteiger partial charge in [0.15, 0.2) is 11.6 Å². The average Bonchev–Trinajstić information content (AvgIpc) is 3.26. The summed E-state index contributed by atoms with van der Waals surface area (Å²) in [5, 5.41) is 14.9. The highest BCUT2D eigenvalue weighted by Gasteiger charge is 2.44. The molecule has 1 unspecified atom stereocenters. The summed E-state index contributed by atoms with van der Waals surface area (Å²) in [7, 11) is 0. The first-order valence-corrected chi connectivity index (χ1v) is 18.4. The summed E-state index contributed by atoms with van der Waals surface area (Å²) in [5.41, 5.74) is 0.828. The number of phenols is 1. The Kier molecular flexibility index (Phi) is 10.5. The third-order valence-corrected chi connectivity index (χ3v) is 11.1. The van der Waals surface area contributed by atoms with Gasteiger partial charge in [0, 0.05) is 69.6 Å². The van der Waals surface area contributed by atoms with Gasteiger partial charge in [0.1, 0.15) is 24.3 Å². The summed E-state index contributed by atoms with van der Waals surface area (Å²) in [6, 6.07) is 6.12. The number of amides is 1. The SMILES string of the molecule is C#Cc1c(F)ccc2cc(O)cc([C@H]3COc4c(nc(OC[C@]5(C)C[C@@H](F)CN5CC5CCOCC5)nc4N4CCCCC(NC(=O)C=C)C4)C3)c12. The lowest BCUT2D eigenvalue weighted by Gasteiger charge is -2.37. The van der Waals surface area contributed by atoms with Gasteiger partial charge in [-0.2, -0.15) is 9.97 Å². The number of aromatic hydroxyl groups is 1. The van der Waals surface area contributed by atoms with E-state index in [-0.39, 0.29) is 48.4 Å². The Bertz CT molecular complexity index is 1860. The van der Waals surface area contributed by atoms with Crippen LogP contribution in [0.25, 0.3) is 10.8 Å². The topological polar surface area (TPSA) is 109 Å². The minimum atomic E-state index is -0.961. The van der Waals surface area contributed by atoms with Crippen molar-refractivity contribution in [2.75, 3.05) is 57.5 Å². The van der Waals surface area contributed by atoms with E-state index in [0.29, 0.717) is 72.0 Å². The number of phenolic OH excluding ortho intramolecular Hbond substituents is 1. The zero-order valence-corrected chi connectivity index (χ0v) is 29.7. The lowest BCUT2D eigenvalue weighted by atomic mass is 9.87. The van der Waals surface area contributed by atoms with Crippen molar-refractivity contribution in [3.63, 3.8) is 0 Å². The summed E-state index contributed by atoms with van der Waals surface area (Å²) < 4.78 is 48.5. The second-order valence-corrected chi connectivity index (χ2v) is 14.9. The van der Waals surface area contributed by atoms with Crippen molar-refractivity contribution in [1.29, 1.82) is 0 Å². The van der Waals surface area contributed by atoms with Gasteiger partial charge in [-0.05, 0) is 80.2 Å². The van der Waals surface area contributed by atoms with Crippen LogP contribution in [0.3, 0.4) is 0 Å². The molecular formula is C40H47F2N5O5. The first-order chi connectivity index (χ1) is 25.1. The molecule has 0 bridgehead atoms. The van der Waals surface area contributed by atoms with Gasteiger partial charge in [-0.1, -0.05) is 18.6 Å². The molecule has 1 amide bonds. The highest BCUT2D eigenvalue weighted by atomic mass is 19.1. The number of benzene rings is 2. The van der Waals surface area contributed by atoms with Crippen molar-refractivity contribution < 1.29 is 32.9 Å². The van der Waals surface area contributed by atoms with Crippen molar-refractivity contribution in [3.05, 3.63) is 59.6 Å². The molecule has 0 radical (unpaired) electrons. The lowest BCUT2D eigenvalue weighted by molar-refractivity contribution is -0.117. The van der Waals surface area contributed by atoms with E-state index in [1.165, 1.54) is 12.1 Å². The first kappa shape index (κ1) is 35.9. The number of nitrogens with zero attached hydrogens (tertiary/aromatic N) is 4. The van der Waals surface area contributed by atoms with Gasteiger partial charge >= 0.3 is 6.01 Å². The Balaban J connectivity index is 1.22. The van der Waals surface area contributed by atoms with Crippen LogP contribution in [0.1, 0.15) is 68.2 Å². The number of aromatic nitrogens is 2. The fourth-order valence-corrected chi connectivity index (χ4v) is 8.37. The van der Waals surface area contributed by atoms with Gasteiger partial charge in [0.2, 0.25) is 5.91 Å². The number of carbonyl (C=O) groups excluding carboxylic acids is 1. The number of anilines is 1. The van der Waals surface area contributed by atoms with Gasteiger partial charge in [0.05, 0.1) is 23.4 Å². The molecule has 1 aromatic heterocycles. The fraction of sp³-hybridized carbons (Fsp3) is 0.525. The van der Waals surface area contributed by atoms with Gasteiger partial charge in [-0.25, -0.2) is 8.78 Å². The molecular weight excluding hydrogens is 668 g/mol. The van der Waals surface area contributed by atoms with E-state index in [1.807, 2.05) is 6.92 Å². The molecule has 0 saturated carbocycles. The minimum Gasteiger partial charge on any atom is -0.508 e. The zero-order chi connectivity index (χ0) is 36.4. The Morgan fingerprint density at radius 1 is 1.23 bits per heavy atom. The van der Waals surface area contributed by atoms with Gasteiger partial charge in [0.25, 0.3) is 0 Å². The molecule has 12 heteroatoms. The van der Waals surface area contributed by atoms with Gasteiger partial charge in [-0.15, -0.1) is 6.42 Å². The van der Waals surface area contributed by atoms with Crippen molar-refractivity contribution in [2.45, 2.75) is 75.5 Å². The third kappa shape index (κ3) is 7.53. The average molecular weight is 716 g/mol. The minimum absolute atomic E-state index is 0.0359. The van der Waals surface area contributed by atoms with Crippen LogP contribution in [0, 0.1) is 24.1 Å². The van der Waals surface area contributed by atoms with E-state index in [2.05, 4.69) is 27.6 Å². The fourth-order valence-electron chi connectivity index (χ4n) is 8.37. The van der Waals surface area contributed by atoms with Crippen molar-refractivity contribution >= 4 is 22.5 Å². The largest absolute Gasteiger partial charge is 0.508 e. The van der Waals surface area contributed by atoms with E-state index in [1.54, 1.807) is 18.2 Å². The van der Waals surface area contributed by atoms with Crippen LogP contribution in [0.15, 0.2) is 36.9 Å². The summed E-state index contributed by atoms with van der Waals surface area (Å²) in [6.07, 6.45) is 11.3. The van der Waals surface area contributed by atoms with E-state index in [4.69, 9.17) is 30.6 Å². The van der Waals surface area contributed by atoms with E-state index < -0.39 is 17.5 Å². The molecule has 276 valence electrons. The Morgan fingerprint density at radius 2 is 2.06 bits per heavy atom. The summed E-state index contributed by atoms with van der Waals surface area (Å²) in [6.45, 7) is 9.82. The number of hydrogen-bond donors (Lipinski definition) is 2. The smallest absolute Gasteiger partial charge is 0.318 e. The number of hydrogen-bond acceptors (Lipinski definition) is 9. The monoisotopic (exact) mass is 715 g/mol. The highest BCUT2D eigenvalue weighted by molar-refractivity contribution is 5.93. The Morgan fingerprint density at radius 3 is 2.85 bits per heavy atom. The number of nitrogens with one attached hydrogen (secondary N) is 1. The maximum absolute atomic E-state index is 15.0. The molecule has 0 spiro atoms. The zero-order valence-electron chi connectivity index (χ0n) is 29.7. The van der Waals surface area contributed by atoms with Crippen LogP contribution >= 0.6 is 0 Å². The Labute approximate surface area is 303 Å². The number of carbonyl (C=O) groups is 1. The number of fused-ring (bicyclic) bond motifs is 2. The standard InChI is InChI=1S/C40H47F2N5O5/c1-4-31-33(42)10-9-26-16-30(48)18-32(36(26)31)27-17-34-37(51-23-27)38(46-13-7-6-8-29(22-46)43-35(49)5-2)45-39(44-34)52-24-40(3)19-28(41)21-47(40)20-25-11-14-50-15-12-25/h1,5,9-10,16,18,25,27-29,48H,2,6-8,11-15,17,19-24H2,3H3,(H,43,49)/t27-,28-,29?,40+/m1/s1. The number of terminal acetylenes is 1. The molecule has 52 heavy (non-hydrogen) atoms. The molecule has 4 aliphatic heterocycles. The predicted molar refractivity (Wildman–Crippen MR) is 194 cm³/mol. The van der Waals surface area contributed by atoms with Gasteiger partial charge < -0.3 is 29.5 Å². The number of rotatable bonds is 9. The van der Waals surface area contributed by atoms with E-state index in [9.17, 15) is 14.3 Å². The van der Waals surface area contributed by atoms with Crippen LogP contribution in [0.5, 0.6) is 17.5 Å². The molecule has 2 aromatic carbocycles. The summed E-state index contributed by atoms with van der Waals surface area (Å²) in [4.78, 5) is 26.4. The van der Waals surface area contributed by atoms with Gasteiger partial charge in [-0.3, -0.25) is 9.69 Å². The van der Waals surface area contributed by atoms with E-state index >= 15 is 4.39 Å². The maximum atomic E-state index is 15.0. The van der Waals surface area contributed by atoms with Crippen molar-refractivity contribution in [1.82, 2.24) is 20.2 Å². The third-order valence-electron chi connectivity index (χ3n) is 11.1. The number of likely N-dealkylation sites (tertiary alicyclic amines) is 1. The molecule has 2 N–H and O–H groups in total. The molecule has 3 aromatic rings. The summed E-state index contributed by atoms with van der Waals surface area (Å²) >= 11 is 0. The van der Waals surface area contributed by atoms with Crippen LogP contribution in [0.4, 0.5) is 14.6 Å². The molecule has 3 fully saturated rings. The van der Waals surface area contributed by atoms with E-state index in [0.717, 1.165) is 51.9 Å². The number of halogens is 2. The highest BCUT2D eigenvalue weighted by Crippen LogP contribution is 2.43. The number of alkyl halides is 1. The van der Waals surface area contributed by atoms with Crippen LogP contribution in [-0.4, -0.2) is 96.2 Å². The molecule has 4 atom stereocenters. The molecule has 10 nitrogen and oxygen atoms in total. The Hall–Kier alpha value is -4.47. The molecule has 3 saturated heterocycles.